The normalized spacial score (nSPS) is 16.1. The third-order valence-electron chi connectivity index (χ3n) is 4.59. The number of esters is 1. The van der Waals surface area contributed by atoms with Crippen LogP contribution in [0.25, 0.3) is 0 Å². The standard InChI is InChI=1S/C18H18N2O5/c1-25-18(22)15-9-16(20(23)24)17(21)19(11-15)10-12-6-7-13-4-2-3-5-14(13)8-12/h2-5,9,11-12H,6-8,10H2,1H3/t12-/m1/s1. The number of ether oxygens (including phenoxy) is 1. The maximum absolute atomic E-state index is 12.4. The minimum atomic E-state index is -0.762. The number of carbonyl (C=O) groups excluding carboxylic acids is 1. The second-order valence-corrected chi connectivity index (χ2v) is 6.20. The van der Waals surface area contributed by atoms with Crippen LogP contribution in [0.15, 0.2) is 41.3 Å². The van der Waals surface area contributed by atoms with Crippen molar-refractivity contribution >= 4 is 11.7 Å². The molecule has 0 spiro atoms. The van der Waals surface area contributed by atoms with Crippen molar-refractivity contribution in [1.29, 1.82) is 0 Å². The van der Waals surface area contributed by atoms with Gasteiger partial charge in [0, 0.05) is 18.8 Å². The highest BCUT2D eigenvalue weighted by Gasteiger charge is 2.24. The number of aryl methyl sites for hydroxylation is 1. The predicted molar refractivity (Wildman–Crippen MR) is 90.7 cm³/mol. The van der Waals surface area contributed by atoms with E-state index in [4.69, 9.17) is 0 Å². The van der Waals surface area contributed by atoms with Gasteiger partial charge in [0.25, 0.3) is 0 Å². The van der Waals surface area contributed by atoms with E-state index in [0.29, 0.717) is 6.54 Å². The van der Waals surface area contributed by atoms with Crippen molar-refractivity contribution in [3.63, 3.8) is 0 Å². The molecule has 2 aromatic rings. The molecule has 0 aliphatic heterocycles. The highest BCUT2D eigenvalue weighted by Crippen LogP contribution is 2.26. The van der Waals surface area contributed by atoms with E-state index in [0.717, 1.165) is 25.3 Å². The molecule has 0 radical (unpaired) electrons. The monoisotopic (exact) mass is 342 g/mol. The van der Waals surface area contributed by atoms with Gasteiger partial charge in [0.2, 0.25) is 0 Å². The topological polar surface area (TPSA) is 91.4 Å². The van der Waals surface area contributed by atoms with E-state index in [1.807, 2.05) is 12.1 Å². The minimum Gasteiger partial charge on any atom is -0.465 e. The number of fused-ring (bicyclic) bond motifs is 1. The third kappa shape index (κ3) is 3.45. The van der Waals surface area contributed by atoms with Gasteiger partial charge in [-0.3, -0.25) is 14.9 Å². The Bertz CT molecular complexity index is 887. The molecule has 7 nitrogen and oxygen atoms in total. The number of methoxy groups -OCH3 is 1. The molecule has 0 N–H and O–H groups in total. The first-order chi connectivity index (χ1) is 12.0. The van der Waals surface area contributed by atoms with Gasteiger partial charge in [0.1, 0.15) is 0 Å². The van der Waals surface area contributed by atoms with Gasteiger partial charge in [-0.15, -0.1) is 0 Å². The highest BCUT2D eigenvalue weighted by atomic mass is 16.6. The summed E-state index contributed by atoms with van der Waals surface area (Å²) >= 11 is 0. The number of benzene rings is 1. The summed E-state index contributed by atoms with van der Waals surface area (Å²) < 4.78 is 5.89. The fraction of sp³-hybridized carbons (Fsp3) is 0.333. The Morgan fingerprint density at radius 2 is 2.08 bits per heavy atom. The maximum atomic E-state index is 12.4. The molecule has 1 aliphatic rings. The van der Waals surface area contributed by atoms with Gasteiger partial charge in [-0.2, -0.15) is 0 Å². The number of nitro groups is 1. The fourth-order valence-corrected chi connectivity index (χ4v) is 3.32. The van der Waals surface area contributed by atoms with Crippen molar-refractivity contribution in [3.8, 4) is 0 Å². The molecule has 0 amide bonds. The van der Waals surface area contributed by atoms with E-state index in [2.05, 4.69) is 16.9 Å². The van der Waals surface area contributed by atoms with Gasteiger partial charge in [-0.05, 0) is 36.3 Å². The number of hydrogen-bond acceptors (Lipinski definition) is 5. The largest absolute Gasteiger partial charge is 0.465 e. The van der Waals surface area contributed by atoms with Gasteiger partial charge in [-0.1, -0.05) is 24.3 Å². The predicted octanol–water partition coefficient (Wildman–Crippen LogP) is 2.35. The van der Waals surface area contributed by atoms with Gasteiger partial charge >= 0.3 is 17.2 Å². The lowest BCUT2D eigenvalue weighted by Gasteiger charge is -2.25. The van der Waals surface area contributed by atoms with Crippen LogP contribution in [0.1, 0.15) is 27.9 Å². The van der Waals surface area contributed by atoms with Crippen LogP contribution < -0.4 is 5.56 Å². The second kappa shape index (κ2) is 6.88. The first kappa shape index (κ1) is 16.9. The van der Waals surface area contributed by atoms with Crippen LogP contribution in [0.3, 0.4) is 0 Å². The lowest BCUT2D eigenvalue weighted by atomic mass is 9.84. The molecule has 1 heterocycles. The zero-order valence-electron chi connectivity index (χ0n) is 13.8. The lowest BCUT2D eigenvalue weighted by Crippen LogP contribution is -2.29. The van der Waals surface area contributed by atoms with E-state index in [1.54, 1.807) is 0 Å². The van der Waals surface area contributed by atoms with E-state index < -0.39 is 22.1 Å². The van der Waals surface area contributed by atoms with Crippen molar-refractivity contribution in [1.82, 2.24) is 4.57 Å². The van der Waals surface area contributed by atoms with Crippen molar-refractivity contribution in [2.75, 3.05) is 7.11 Å². The summed E-state index contributed by atoms with van der Waals surface area (Å²) in [6.45, 7) is 0.332. The number of carbonyl (C=O) groups is 1. The molecule has 0 saturated carbocycles. The van der Waals surface area contributed by atoms with Crippen LogP contribution in [0.2, 0.25) is 0 Å². The van der Waals surface area contributed by atoms with Gasteiger partial charge in [0.15, 0.2) is 0 Å². The van der Waals surface area contributed by atoms with E-state index in [9.17, 15) is 19.7 Å². The van der Waals surface area contributed by atoms with E-state index >= 15 is 0 Å². The molecule has 0 unspecified atom stereocenters. The second-order valence-electron chi connectivity index (χ2n) is 6.20. The average Bonchev–Trinajstić information content (AvgIpc) is 2.62. The van der Waals surface area contributed by atoms with Crippen molar-refractivity contribution in [3.05, 3.63) is 73.7 Å². The molecular weight excluding hydrogens is 324 g/mol. The van der Waals surface area contributed by atoms with E-state index in [-0.39, 0.29) is 11.5 Å². The lowest BCUT2D eigenvalue weighted by molar-refractivity contribution is -0.386. The molecule has 0 bridgehead atoms. The first-order valence-corrected chi connectivity index (χ1v) is 8.03. The number of pyridine rings is 1. The van der Waals surface area contributed by atoms with Crippen LogP contribution in [-0.2, 0) is 24.1 Å². The summed E-state index contributed by atoms with van der Waals surface area (Å²) in [6, 6.07) is 9.13. The summed E-state index contributed by atoms with van der Waals surface area (Å²) in [4.78, 5) is 34.5. The van der Waals surface area contributed by atoms with Gasteiger partial charge in [0.05, 0.1) is 17.6 Å². The molecule has 130 valence electrons. The molecule has 0 fully saturated rings. The fourth-order valence-electron chi connectivity index (χ4n) is 3.32. The Hall–Kier alpha value is -2.96. The maximum Gasteiger partial charge on any atom is 0.339 e. The third-order valence-corrected chi connectivity index (χ3v) is 4.59. The van der Waals surface area contributed by atoms with Crippen molar-refractivity contribution in [2.45, 2.75) is 25.8 Å². The summed E-state index contributed by atoms with van der Waals surface area (Å²) in [7, 11) is 1.20. The summed E-state index contributed by atoms with van der Waals surface area (Å²) in [5.74, 6) is -0.522. The minimum absolute atomic E-state index is 0.00464. The quantitative estimate of drug-likeness (QED) is 0.483. The summed E-state index contributed by atoms with van der Waals surface area (Å²) in [6.07, 6.45) is 3.95. The van der Waals surface area contributed by atoms with E-state index in [1.165, 1.54) is 29.0 Å². The molecule has 1 aromatic heterocycles. The van der Waals surface area contributed by atoms with Gasteiger partial charge < -0.3 is 9.30 Å². The Balaban J connectivity index is 1.92. The number of rotatable bonds is 4. The molecule has 3 rings (SSSR count). The summed E-state index contributed by atoms with van der Waals surface area (Å²) in [5.41, 5.74) is 1.24. The zero-order valence-corrected chi connectivity index (χ0v) is 13.8. The molecule has 7 heteroatoms. The smallest absolute Gasteiger partial charge is 0.339 e. The van der Waals surface area contributed by atoms with Crippen molar-refractivity contribution in [2.24, 2.45) is 5.92 Å². The number of aromatic nitrogens is 1. The van der Waals surface area contributed by atoms with Crippen LogP contribution in [0, 0.1) is 16.0 Å². The van der Waals surface area contributed by atoms with Crippen LogP contribution >= 0.6 is 0 Å². The molecular formula is C18H18N2O5. The Labute approximate surface area is 144 Å². The molecule has 0 saturated heterocycles. The SMILES string of the molecule is COC(=O)c1cc([N+](=O)[O-])c(=O)n(C[C@@H]2CCc3ccccc3C2)c1. The van der Waals surface area contributed by atoms with Crippen LogP contribution in [0.4, 0.5) is 5.69 Å². The van der Waals surface area contributed by atoms with Crippen LogP contribution in [0.5, 0.6) is 0 Å². The zero-order chi connectivity index (χ0) is 18.0. The average molecular weight is 342 g/mol. The van der Waals surface area contributed by atoms with Crippen LogP contribution in [-0.4, -0.2) is 22.6 Å². The Kier molecular flexibility index (Phi) is 4.65. The number of nitrogens with zero attached hydrogens (tertiary/aromatic N) is 2. The first-order valence-electron chi connectivity index (χ1n) is 8.03. The highest BCUT2D eigenvalue weighted by molar-refractivity contribution is 5.89. The molecule has 25 heavy (non-hydrogen) atoms. The van der Waals surface area contributed by atoms with Crippen molar-refractivity contribution < 1.29 is 14.5 Å². The Morgan fingerprint density at radius 1 is 1.36 bits per heavy atom. The summed E-state index contributed by atoms with van der Waals surface area (Å²) in [5, 5.41) is 11.1. The molecule has 1 atom stereocenters. The Morgan fingerprint density at radius 3 is 2.76 bits per heavy atom. The number of hydrogen-bond donors (Lipinski definition) is 0. The molecule has 1 aliphatic carbocycles. The molecule has 1 aromatic carbocycles. The van der Waals surface area contributed by atoms with Gasteiger partial charge in [-0.25, -0.2) is 4.79 Å².